The molecule has 3 nitrogen and oxygen atoms in total. The van der Waals surface area contributed by atoms with Crippen LogP contribution in [-0.4, -0.2) is 25.9 Å². The molecule has 0 amide bonds. The van der Waals surface area contributed by atoms with Gasteiger partial charge >= 0.3 is 0 Å². The highest BCUT2D eigenvalue weighted by Crippen LogP contribution is 2.38. The standard InChI is InChI=1S/C15H21NO2/c1-17-13-6-2-11(3-7-13)10-16-14-8-9-18-15(14)12-4-5-12/h2-3,6-7,12,14-16H,4-5,8-10H2,1H3. The van der Waals surface area contributed by atoms with Gasteiger partial charge in [0.2, 0.25) is 0 Å². The first-order valence-corrected chi connectivity index (χ1v) is 6.85. The van der Waals surface area contributed by atoms with Gasteiger partial charge in [0.25, 0.3) is 0 Å². The number of benzene rings is 1. The van der Waals surface area contributed by atoms with Gasteiger partial charge in [-0.05, 0) is 42.9 Å². The average molecular weight is 247 g/mol. The van der Waals surface area contributed by atoms with Crippen LogP contribution in [0, 0.1) is 5.92 Å². The number of methoxy groups -OCH3 is 1. The molecule has 1 heterocycles. The second-order valence-corrected chi connectivity index (χ2v) is 5.30. The predicted octanol–water partition coefficient (Wildman–Crippen LogP) is 2.35. The lowest BCUT2D eigenvalue weighted by molar-refractivity contribution is 0.0809. The quantitative estimate of drug-likeness (QED) is 0.866. The summed E-state index contributed by atoms with van der Waals surface area (Å²) in [4.78, 5) is 0. The van der Waals surface area contributed by atoms with Gasteiger partial charge in [0, 0.05) is 19.2 Å². The van der Waals surface area contributed by atoms with Crippen LogP contribution in [0.1, 0.15) is 24.8 Å². The van der Waals surface area contributed by atoms with Crippen molar-refractivity contribution in [2.75, 3.05) is 13.7 Å². The van der Waals surface area contributed by atoms with E-state index in [2.05, 4.69) is 17.4 Å². The fourth-order valence-electron chi connectivity index (χ4n) is 2.71. The lowest BCUT2D eigenvalue weighted by Crippen LogP contribution is -2.37. The Morgan fingerprint density at radius 3 is 2.67 bits per heavy atom. The molecule has 1 aliphatic heterocycles. The lowest BCUT2D eigenvalue weighted by Gasteiger charge is -2.19. The zero-order valence-corrected chi connectivity index (χ0v) is 10.9. The summed E-state index contributed by atoms with van der Waals surface area (Å²) in [6, 6.07) is 8.81. The Hall–Kier alpha value is -1.06. The zero-order valence-electron chi connectivity index (χ0n) is 10.9. The molecule has 0 spiro atoms. The molecule has 1 saturated heterocycles. The molecule has 1 aromatic rings. The second-order valence-electron chi connectivity index (χ2n) is 5.30. The van der Waals surface area contributed by atoms with Crippen molar-refractivity contribution in [2.24, 2.45) is 5.92 Å². The first kappa shape index (κ1) is 12.0. The van der Waals surface area contributed by atoms with E-state index >= 15 is 0 Å². The number of hydrogen-bond acceptors (Lipinski definition) is 3. The zero-order chi connectivity index (χ0) is 12.4. The Morgan fingerprint density at radius 1 is 1.22 bits per heavy atom. The van der Waals surface area contributed by atoms with Crippen molar-refractivity contribution >= 4 is 0 Å². The molecule has 0 bridgehead atoms. The lowest BCUT2D eigenvalue weighted by atomic mass is 10.1. The van der Waals surface area contributed by atoms with Gasteiger partial charge in [0.15, 0.2) is 0 Å². The summed E-state index contributed by atoms with van der Waals surface area (Å²) < 4.78 is 11.0. The van der Waals surface area contributed by atoms with E-state index in [0.717, 1.165) is 31.2 Å². The van der Waals surface area contributed by atoms with Gasteiger partial charge in [-0.25, -0.2) is 0 Å². The van der Waals surface area contributed by atoms with E-state index < -0.39 is 0 Å². The molecular formula is C15H21NO2. The highest BCUT2D eigenvalue weighted by atomic mass is 16.5. The largest absolute Gasteiger partial charge is 0.497 e. The van der Waals surface area contributed by atoms with Crippen molar-refractivity contribution in [1.82, 2.24) is 5.32 Å². The van der Waals surface area contributed by atoms with Gasteiger partial charge in [0.1, 0.15) is 5.75 Å². The van der Waals surface area contributed by atoms with Crippen LogP contribution in [-0.2, 0) is 11.3 Å². The monoisotopic (exact) mass is 247 g/mol. The van der Waals surface area contributed by atoms with E-state index in [9.17, 15) is 0 Å². The second kappa shape index (κ2) is 5.29. The van der Waals surface area contributed by atoms with Crippen LogP contribution in [0.2, 0.25) is 0 Å². The Morgan fingerprint density at radius 2 is 2.00 bits per heavy atom. The fraction of sp³-hybridized carbons (Fsp3) is 0.600. The molecule has 3 heteroatoms. The number of hydrogen-bond donors (Lipinski definition) is 1. The molecule has 1 saturated carbocycles. The van der Waals surface area contributed by atoms with Crippen molar-refractivity contribution in [3.63, 3.8) is 0 Å². The van der Waals surface area contributed by atoms with Gasteiger partial charge in [0.05, 0.1) is 13.2 Å². The first-order chi connectivity index (χ1) is 8.86. The molecule has 2 aliphatic rings. The maximum Gasteiger partial charge on any atom is 0.118 e. The normalized spacial score (nSPS) is 27.4. The van der Waals surface area contributed by atoms with E-state index in [1.807, 2.05) is 12.1 Å². The summed E-state index contributed by atoms with van der Waals surface area (Å²) in [6.45, 7) is 1.84. The summed E-state index contributed by atoms with van der Waals surface area (Å²) in [7, 11) is 1.70. The van der Waals surface area contributed by atoms with Crippen LogP contribution in [0.5, 0.6) is 5.75 Å². The third kappa shape index (κ3) is 2.68. The number of rotatable bonds is 5. The molecule has 1 aliphatic carbocycles. The summed E-state index contributed by atoms with van der Waals surface area (Å²) in [5.41, 5.74) is 1.30. The summed E-state index contributed by atoms with van der Waals surface area (Å²) in [5, 5.41) is 3.64. The fourth-order valence-corrected chi connectivity index (χ4v) is 2.71. The Balaban J connectivity index is 1.53. The van der Waals surface area contributed by atoms with E-state index in [-0.39, 0.29) is 0 Å². The van der Waals surface area contributed by atoms with Crippen molar-refractivity contribution in [1.29, 1.82) is 0 Å². The van der Waals surface area contributed by atoms with E-state index in [1.165, 1.54) is 18.4 Å². The van der Waals surface area contributed by atoms with Crippen molar-refractivity contribution in [3.8, 4) is 5.75 Å². The molecule has 2 fully saturated rings. The van der Waals surface area contributed by atoms with Crippen LogP contribution in [0.15, 0.2) is 24.3 Å². The Labute approximate surface area is 108 Å². The summed E-state index contributed by atoms with van der Waals surface area (Å²) in [6.07, 6.45) is 4.32. The minimum atomic E-state index is 0.461. The van der Waals surface area contributed by atoms with Crippen molar-refractivity contribution in [3.05, 3.63) is 29.8 Å². The Bertz CT molecular complexity index is 386. The van der Waals surface area contributed by atoms with Gasteiger partial charge in [-0.3, -0.25) is 0 Å². The van der Waals surface area contributed by atoms with Crippen LogP contribution in [0.3, 0.4) is 0 Å². The number of ether oxygens (including phenoxy) is 2. The molecular weight excluding hydrogens is 226 g/mol. The molecule has 18 heavy (non-hydrogen) atoms. The van der Waals surface area contributed by atoms with Crippen molar-refractivity contribution < 1.29 is 9.47 Å². The maximum absolute atomic E-state index is 5.83. The van der Waals surface area contributed by atoms with Crippen LogP contribution < -0.4 is 10.1 Å². The maximum atomic E-state index is 5.83. The molecule has 0 aromatic heterocycles. The van der Waals surface area contributed by atoms with Gasteiger partial charge in [-0.15, -0.1) is 0 Å². The minimum absolute atomic E-state index is 0.461. The van der Waals surface area contributed by atoms with E-state index in [1.54, 1.807) is 7.11 Å². The summed E-state index contributed by atoms with van der Waals surface area (Å²) >= 11 is 0. The highest BCUT2D eigenvalue weighted by molar-refractivity contribution is 5.27. The van der Waals surface area contributed by atoms with Gasteiger partial charge in [-0.2, -0.15) is 0 Å². The van der Waals surface area contributed by atoms with Crippen LogP contribution in [0.4, 0.5) is 0 Å². The molecule has 1 aromatic carbocycles. The van der Waals surface area contributed by atoms with Crippen LogP contribution >= 0.6 is 0 Å². The third-order valence-corrected chi connectivity index (χ3v) is 3.95. The SMILES string of the molecule is COc1ccc(CNC2CCOC2C2CC2)cc1. The van der Waals surface area contributed by atoms with Gasteiger partial charge < -0.3 is 14.8 Å². The molecule has 2 atom stereocenters. The highest BCUT2D eigenvalue weighted by Gasteiger charge is 2.40. The predicted molar refractivity (Wildman–Crippen MR) is 70.7 cm³/mol. The van der Waals surface area contributed by atoms with Crippen LogP contribution in [0.25, 0.3) is 0 Å². The molecule has 98 valence electrons. The molecule has 2 unspecified atom stereocenters. The summed E-state index contributed by atoms with van der Waals surface area (Å²) in [5.74, 6) is 1.74. The molecule has 1 N–H and O–H groups in total. The number of nitrogens with one attached hydrogen (secondary N) is 1. The third-order valence-electron chi connectivity index (χ3n) is 3.95. The molecule has 3 rings (SSSR count). The minimum Gasteiger partial charge on any atom is -0.497 e. The van der Waals surface area contributed by atoms with E-state index in [4.69, 9.17) is 9.47 Å². The van der Waals surface area contributed by atoms with Crippen molar-refractivity contribution in [2.45, 2.75) is 38.0 Å². The van der Waals surface area contributed by atoms with E-state index in [0.29, 0.717) is 12.1 Å². The smallest absolute Gasteiger partial charge is 0.118 e. The van der Waals surface area contributed by atoms with Gasteiger partial charge in [-0.1, -0.05) is 12.1 Å². The first-order valence-electron chi connectivity index (χ1n) is 6.85. The topological polar surface area (TPSA) is 30.5 Å². The average Bonchev–Trinajstić information content (AvgIpc) is 3.16. The molecule has 0 radical (unpaired) electrons. The Kier molecular flexibility index (Phi) is 3.52.